The maximum atomic E-state index is 14.1. The molecule has 6 heteroatoms. The Labute approximate surface area is 134 Å². The van der Waals surface area contributed by atoms with Gasteiger partial charge in [-0.2, -0.15) is 11.3 Å². The van der Waals surface area contributed by atoms with E-state index in [1.165, 1.54) is 11.3 Å². The molecule has 20 heavy (non-hydrogen) atoms. The minimum absolute atomic E-state index is 0.204. The van der Waals surface area contributed by atoms with Crippen molar-refractivity contribution in [2.75, 3.05) is 6.54 Å². The number of nitrogens with one attached hydrogen (secondary N) is 1. The van der Waals surface area contributed by atoms with Crippen LogP contribution >= 0.6 is 38.9 Å². The van der Waals surface area contributed by atoms with Crippen LogP contribution in [0.3, 0.4) is 0 Å². The molecule has 1 aromatic carbocycles. The van der Waals surface area contributed by atoms with Gasteiger partial charge in [-0.05, 0) is 52.0 Å². The Morgan fingerprint density at radius 2 is 2.00 bits per heavy atom. The van der Waals surface area contributed by atoms with Crippen LogP contribution in [0.4, 0.5) is 8.78 Å². The fourth-order valence-corrected chi connectivity index (χ4v) is 3.63. The van der Waals surface area contributed by atoms with Gasteiger partial charge in [0.05, 0.1) is 11.1 Å². The molecule has 108 valence electrons. The molecule has 0 spiro atoms. The number of benzene rings is 1. The lowest BCUT2D eigenvalue weighted by Gasteiger charge is -2.20. The molecule has 1 nitrogen and oxygen atoms in total. The summed E-state index contributed by atoms with van der Waals surface area (Å²) < 4.78 is 28.7. The van der Waals surface area contributed by atoms with Crippen molar-refractivity contribution < 1.29 is 8.78 Å². The van der Waals surface area contributed by atoms with Gasteiger partial charge in [0.1, 0.15) is 11.6 Å². The van der Waals surface area contributed by atoms with Crippen LogP contribution in [0.5, 0.6) is 0 Å². The van der Waals surface area contributed by atoms with E-state index in [1.54, 1.807) is 0 Å². The van der Waals surface area contributed by atoms with Gasteiger partial charge in [-0.3, -0.25) is 0 Å². The molecule has 0 bridgehead atoms. The second-order valence-electron chi connectivity index (χ2n) is 4.35. The largest absolute Gasteiger partial charge is 0.306 e. The van der Waals surface area contributed by atoms with Crippen molar-refractivity contribution in [1.29, 1.82) is 0 Å². The van der Waals surface area contributed by atoms with Gasteiger partial charge in [-0.1, -0.05) is 18.5 Å². The van der Waals surface area contributed by atoms with Crippen molar-refractivity contribution in [3.05, 3.63) is 55.1 Å². The van der Waals surface area contributed by atoms with E-state index in [-0.39, 0.29) is 10.6 Å². The minimum atomic E-state index is -0.613. The SMILES string of the molecule is CCCNC(c1cc(F)c(Cl)cc1F)c1cscc1Br. The van der Waals surface area contributed by atoms with E-state index in [0.29, 0.717) is 6.54 Å². The normalized spacial score (nSPS) is 12.7. The van der Waals surface area contributed by atoms with Gasteiger partial charge in [0.25, 0.3) is 0 Å². The smallest absolute Gasteiger partial charge is 0.142 e. The molecule has 0 radical (unpaired) electrons. The first kappa shape index (κ1) is 15.9. The molecule has 0 saturated heterocycles. The van der Waals surface area contributed by atoms with E-state index in [1.807, 2.05) is 17.7 Å². The number of hydrogen-bond donors (Lipinski definition) is 1. The summed E-state index contributed by atoms with van der Waals surface area (Å²) in [6, 6.07) is 1.78. The third-order valence-corrected chi connectivity index (χ3v) is 4.94. The predicted molar refractivity (Wildman–Crippen MR) is 83.5 cm³/mol. The third-order valence-electron chi connectivity index (χ3n) is 2.90. The third kappa shape index (κ3) is 3.39. The van der Waals surface area contributed by atoms with E-state index in [9.17, 15) is 8.78 Å². The van der Waals surface area contributed by atoms with Crippen LogP contribution in [0.15, 0.2) is 27.4 Å². The Kier molecular flexibility index (Phi) is 5.55. The summed E-state index contributed by atoms with van der Waals surface area (Å²) in [6.45, 7) is 2.72. The predicted octanol–water partition coefficient (Wildman–Crippen LogP) is 5.53. The van der Waals surface area contributed by atoms with Crippen molar-refractivity contribution in [3.8, 4) is 0 Å². The molecule has 0 amide bonds. The van der Waals surface area contributed by atoms with Crippen molar-refractivity contribution in [2.24, 2.45) is 0 Å². The first-order valence-corrected chi connectivity index (χ1v) is 8.25. The Morgan fingerprint density at radius 3 is 2.60 bits per heavy atom. The minimum Gasteiger partial charge on any atom is -0.306 e. The van der Waals surface area contributed by atoms with Crippen LogP contribution in [0.2, 0.25) is 5.02 Å². The van der Waals surface area contributed by atoms with Crippen LogP contribution in [0, 0.1) is 11.6 Å². The van der Waals surface area contributed by atoms with Gasteiger partial charge >= 0.3 is 0 Å². The molecule has 1 N–H and O–H groups in total. The zero-order valence-electron chi connectivity index (χ0n) is 10.7. The van der Waals surface area contributed by atoms with E-state index in [0.717, 1.165) is 28.6 Å². The summed E-state index contributed by atoms with van der Waals surface area (Å²) in [4.78, 5) is 0. The Bertz CT molecular complexity index is 603. The summed E-state index contributed by atoms with van der Waals surface area (Å²) >= 11 is 10.6. The average Bonchev–Trinajstić information content (AvgIpc) is 2.82. The van der Waals surface area contributed by atoms with Crippen LogP contribution in [0.1, 0.15) is 30.5 Å². The molecule has 1 unspecified atom stereocenters. The quantitative estimate of drug-likeness (QED) is 0.672. The number of rotatable bonds is 5. The first-order valence-electron chi connectivity index (χ1n) is 6.14. The molecule has 0 aliphatic rings. The van der Waals surface area contributed by atoms with Gasteiger partial charge in [0, 0.05) is 15.4 Å². The summed E-state index contributed by atoms with van der Waals surface area (Å²) in [5.41, 5.74) is 1.16. The monoisotopic (exact) mass is 379 g/mol. The van der Waals surface area contributed by atoms with Crippen molar-refractivity contribution in [3.63, 3.8) is 0 Å². The maximum Gasteiger partial charge on any atom is 0.142 e. The van der Waals surface area contributed by atoms with Gasteiger partial charge in [-0.25, -0.2) is 8.78 Å². The second-order valence-corrected chi connectivity index (χ2v) is 6.36. The summed E-state index contributed by atoms with van der Waals surface area (Å²) in [5, 5.41) is 6.88. The average molecular weight is 381 g/mol. The standard InChI is InChI=1S/C14H13BrClF2NS/c1-2-3-19-14(9-6-20-7-10(9)15)8-4-13(18)11(16)5-12(8)17/h4-7,14,19H,2-3H2,1H3. The summed E-state index contributed by atoms with van der Waals surface area (Å²) in [6.07, 6.45) is 0.899. The molecular weight excluding hydrogens is 368 g/mol. The topological polar surface area (TPSA) is 12.0 Å². The highest BCUT2D eigenvalue weighted by atomic mass is 79.9. The fraction of sp³-hybridized carbons (Fsp3) is 0.286. The second kappa shape index (κ2) is 6.98. The highest BCUT2D eigenvalue weighted by molar-refractivity contribution is 9.10. The van der Waals surface area contributed by atoms with E-state index >= 15 is 0 Å². The van der Waals surface area contributed by atoms with Crippen LogP contribution in [0.25, 0.3) is 0 Å². The summed E-state index contributed by atoms with van der Waals surface area (Å²) in [5.74, 6) is -1.12. The van der Waals surface area contributed by atoms with Gasteiger partial charge in [0.15, 0.2) is 0 Å². The van der Waals surface area contributed by atoms with Gasteiger partial charge in [-0.15, -0.1) is 0 Å². The first-order chi connectivity index (χ1) is 9.54. The molecule has 0 aliphatic heterocycles. The number of halogens is 4. The van der Waals surface area contributed by atoms with E-state index in [2.05, 4.69) is 21.2 Å². The van der Waals surface area contributed by atoms with Crippen LogP contribution in [-0.4, -0.2) is 6.54 Å². The van der Waals surface area contributed by atoms with Crippen molar-refractivity contribution in [2.45, 2.75) is 19.4 Å². The van der Waals surface area contributed by atoms with Crippen molar-refractivity contribution in [1.82, 2.24) is 5.32 Å². The Morgan fingerprint density at radius 1 is 1.25 bits per heavy atom. The van der Waals surface area contributed by atoms with Gasteiger partial charge < -0.3 is 5.32 Å². The lowest BCUT2D eigenvalue weighted by molar-refractivity contribution is 0.535. The molecule has 1 atom stereocenters. The van der Waals surface area contributed by atoms with E-state index < -0.39 is 17.7 Å². The lowest BCUT2D eigenvalue weighted by atomic mass is 10.0. The summed E-state index contributed by atoms with van der Waals surface area (Å²) in [7, 11) is 0. The van der Waals surface area contributed by atoms with Crippen LogP contribution in [-0.2, 0) is 0 Å². The molecule has 1 aromatic heterocycles. The molecule has 0 aliphatic carbocycles. The van der Waals surface area contributed by atoms with Crippen molar-refractivity contribution >= 4 is 38.9 Å². The highest BCUT2D eigenvalue weighted by Crippen LogP contribution is 2.34. The number of thiophene rings is 1. The lowest BCUT2D eigenvalue weighted by Crippen LogP contribution is -2.24. The van der Waals surface area contributed by atoms with Crippen LogP contribution < -0.4 is 5.32 Å². The molecular formula is C14H13BrClF2NS. The molecule has 2 aromatic rings. The maximum absolute atomic E-state index is 14.1. The fourth-order valence-electron chi connectivity index (χ4n) is 1.93. The zero-order chi connectivity index (χ0) is 14.7. The Balaban J connectivity index is 2.46. The van der Waals surface area contributed by atoms with E-state index in [4.69, 9.17) is 11.6 Å². The molecule has 1 heterocycles. The highest BCUT2D eigenvalue weighted by Gasteiger charge is 2.22. The van der Waals surface area contributed by atoms with Gasteiger partial charge in [0.2, 0.25) is 0 Å². The molecule has 0 saturated carbocycles. The molecule has 2 rings (SSSR count). The zero-order valence-corrected chi connectivity index (χ0v) is 13.9. The Hall–Kier alpha value is -0.490. The molecule has 0 fully saturated rings. The number of hydrogen-bond acceptors (Lipinski definition) is 2.